The van der Waals surface area contributed by atoms with Crippen molar-refractivity contribution in [2.75, 3.05) is 0 Å². The quantitative estimate of drug-likeness (QED) is 0.317. The van der Waals surface area contributed by atoms with Gasteiger partial charge in [-0.3, -0.25) is 0 Å². The average Bonchev–Trinajstić information content (AvgIpc) is 0.811. The van der Waals surface area contributed by atoms with Crippen molar-refractivity contribution < 1.29 is 14.7 Å². The summed E-state index contributed by atoms with van der Waals surface area (Å²) in [6.45, 7) is 0. The SMILES string of the molecule is [Al+3].[O-]P([O-])[O-].[Sn+4]. The van der Waals surface area contributed by atoms with E-state index in [4.69, 9.17) is 14.7 Å². The van der Waals surface area contributed by atoms with Crippen LogP contribution in [-0.2, 0) is 0 Å². The van der Waals surface area contributed by atoms with Gasteiger partial charge in [-0.15, -0.1) is 0 Å². The van der Waals surface area contributed by atoms with Crippen molar-refractivity contribution >= 4 is 49.9 Å². The minimum absolute atomic E-state index is 0. The molecule has 0 aliphatic carbocycles. The summed E-state index contributed by atoms with van der Waals surface area (Å²) in [4.78, 5) is 25.4. The normalized spacial score (nSPS) is 6.00. The van der Waals surface area contributed by atoms with E-state index in [1.165, 1.54) is 0 Å². The summed E-state index contributed by atoms with van der Waals surface area (Å²) in [7, 11) is -3.37. The first-order chi connectivity index (χ1) is 1.73. The van der Waals surface area contributed by atoms with E-state index in [2.05, 4.69) is 0 Å². The van der Waals surface area contributed by atoms with E-state index >= 15 is 0 Å². The Hall–Kier alpha value is 1.64. The second-order valence-electron chi connectivity index (χ2n) is 0.224. The topological polar surface area (TPSA) is 69.2 Å². The van der Waals surface area contributed by atoms with E-state index in [0.717, 1.165) is 0 Å². The van der Waals surface area contributed by atoms with Crippen molar-refractivity contribution in [3.05, 3.63) is 0 Å². The van der Waals surface area contributed by atoms with Gasteiger partial charge in [0, 0.05) is 0 Å². The Morgan fingerprint density at radius 3 is 1.00 bits per heavy atom. The average molecular weight is 225 g/mol. The van der Waals surface area contributed by atoms with Crippen LogP contribution in [0.5, 0.6) is 0 Å². The van der Waals surface area contributed by atoms with E-state index < -0.39 is 8.60 Å². The Balaban J connectivity index is -0.0000000450. The smallest absolute Gasteiger partial charge is 0.854 e. The van der Waals surface area contributed by atoms with Gasteiger partial charge in [0.2, 0.25) is 0 Å². The van der Waals surface area contributed by atoms with E-state index in [9.17, 15) is 0 Å². The van der Waals surface area contributed by atoms with E-state index in [-0.39, 0.29) is 41.3 Å². The predicted octanol–water partition coefficient (Wildman–Crippen LogP) is -3.47. The molecule has 0 amide bonds. The molecule has 0 bridgehead atoms. The molecule has 0 aromatic rings. The Morgan fingerprint density at radius 2 is 1.00 bits per heavy atom. The summed E-state index contributed by atoms with van der Waals surface area (Å²) < 4.78 is 0. The number of hydrogen-bond acceptors (Lipinski definition) is 3. The van der Waals surface area contributed by atoms with E-state index in [0.29, 0.717) is 0 Å². The molecule has 26 valence electrons. The molecule has 0 rings (SSSR count). The molecule has 0 fully saturated rings. The Kier molecular flexibility index (Phi) is 25.6. The molecule has 0 aliphatic rings. The summed E-state index contributed by atoms with van der Waals surface area (Å²) >= 11 is 0. The molecule has 0 radical (unpaired) electrons. The molecule has 6 heavy (non-hydrogen) atoms. The molecule has 0 aromatic heterocycles. The maximum Gasteiger partial charge on any atom is 4.00 e. The van der Waals surface area contributed by atoms with Crippen LogP contribution < -0.4 is 14.7 Å². The molecular formula is AlO3PSn+4. The van der Waals surface area contributed by atoms with Crippen LogP contribution in [0.1, 0.15) is 0 Å². The number of rotatable bonds is 0. The zero-order valence-electron chi connectivity index (χ0n) is 2.75. The Labute approximate surface area is 64.5 Å². The van der Waals surface area contributed by atoms with Gasteiger partial charge in [0.25, 0.3) is 0 Å². The second kappa shape index (κ2) is 9.81. The van der Waals surface area contributed by atoms with E-state index in [1.807, 2.05) is 0 Å². The molecule has 0 aliphatic heterocycles. The van der Waals surface area contributed by atoms with Gasteiger partial charge in [-0.2, -0.15) is 0 Å². The molecule has 6 heteroatoms. The molecule has 0 spiro atoms. The third kappa shape index (κ3) is 45.1. The third-order valence-corrected chi connectivity index (χ3v) is 0. The van der Waals surface area contributed by atoms with Crippen LogP contribution in [0.3, 0.4) is 0 Å². The van der Waals surface area contributed by atoms with Crippen LogP contribution in [0.15, 0.2) is 0 Å². The van der Waals surface area contributed by atoms with Gasteiger partial charge in [0.15, 0.2) is 0 Å². The molecule has 0 saturated carbocycles. The monoisotopic (exact) mass is 226 g/mol. The molecule has 0 aromatic carbocycles. The molecule has 3 nitrogen and oxygen atoms in total. The fraction of sp³-hybridized carbons (Fsp3) is 0. The molecule has 0 unspecified atom stereocenters. The maximum absolute atomic E-state index is 8.48. The van der Waals surface area contributed by atoms with Crippen LogP contribution in [0, 0.1) is 0 Å². The summed E-state index contributed by atoms with van der Waals surface area (Å²) in [6, 6.07) is 0. The van der Waals surface area contributed by atoms with Crippen LogP contribution >= 0.6 is 8.60 Å². The minimum atomic E-state index is -3.37. The first-order valence-corrected chi connectivity index (χ1v) is 1.64. The minimum Gasteiger partial charge on any atom is -0.854 e. The summed E-state index contributed by atoms with van der Waals surface area (Å²) in [5, 5.41) is 0. The van der Waals surface area contributed by atoms with Crippen molar-refractivity contribution in [1.29, 1.82) is 0 Å². The largest absolute Gasteiger partial charge is 4.00 e. The predicted molar refractivity (Wildman–Crippen MR) is 18.4 cm³/mol. The van der Waals surface area contributed by atoms with Crippen molar-refractivity contribution in [1.82, 2.24) is 0 Å². The fourth-order valence-electron chi connectivity index (χ4n) is 0. The summed E-state index contributed by atoms with van der Waals surface area (Å²) in [6.07, 6.45) is 0. The zero-order chi connectivity index (χ0) is 3.58. The fourth-order valence-corrected chi connectivity index (χ4v) is 0. The van der Waals surface area contributed by atoms with Crippen LogP contribution in [-0.4, -0.2) is 41.3 Å². The standard InChI is InChI=1S/Al.O3P.Sn/c;1-4(2)3;/q+3;-3;+4. The molecule has 0 heterocycles. The number of hydrogen-bond donors (Lipinski definition) is 0. The molecule has 0 N–H and O–H groups in total. The van der Waals surface area contributed by atoms with Crippen molar-refractivity contribution in [2.24, 2.45) is 0 Å². The van der Waals surface area contributed by atoms with Crippen molar-refractivity contribution in [3.8, 4) is 0 Å². The summed E-state index contributed by atoms with van der Waals surface area (Å²) in [5.74, 6) is 0. The second-order valence-corrected chi connectivity index (χ2v) is 0.671. The van der Waals surface area contributed by atoms with Gasteiger partial charge < -0.3 is 23.3 Å². The Bertz CT molecular complexity index is 15.5. The molecule has 0 saturated heterocycles. The van der Waals surface area contributed by atoms with Crippen molar-refractivity contribution in [2.45, 2.75) is 0 Å². The van der Waals surface area contributed by atoms with Gasteiger partial charge in [0.1, 0.15) is 0 Å². The van der Waals surface area contributed by atoms with Gasteiger partial charge in [-0.05, 0) is 0 Å². The van der Waals surface area contributed by atoms with Crippen LogP contribution in [0.4, 0.5) is 0 Å². The zero-order valence-corrected chi connectivity index (χ0v) is 7.65. The summed E-state index contributed by atoms with van der Waals surface area (Å²) in [5.41, 5.74) is 0. The third-order valence-electron chi connectivity index (χ3n) is 0. The van der Waals surface area contributed by atoms with Crippen LogP contribution in [0.25, 0.3) is 0 Å². The van der Waals surface area contributed by atoms with Gasteiger partial charge in [0.05, 0.1) is 0 Å². The maximum atomic E-state index is 8.48. The molecular weight excluding hydrogens is 225 g/mol. The van der Waals surface area contributed by atoms with Gasteiger partial charge in [-0.1, -0.05) is 0 Å². The van der Waals surface area contributed by atoms with Crippen molar-refractivity contribution in [3.63, 3.8) is 0 Å². The van der Waals surface area contributed by atoms with E-state index in [1.54, 1.807) is 0 Å². The Morgan fingerprint density at radius 1 is 1.00 bits per heavy atom. The van der Waals surface area contributed by atoms with Crippen LogP contribution in [0.2, 0.25) is 0 Å². The van der Waals surface area contributed by atoms with Gasteiger partial charge in [-0.25, -0.2) is 0 Å². The first kappa shape index (κ1) is 15.6. The molecule has 0 atom stereocenters. The first-order valence-electron chi connectivity index (χ1n) is 0.548. The van der Waals surface area contributed by atoms with Gasteiger partial charge >= 0.3 is 41.3 Å².